The van der Waals surface area contributed by atoms with Crippen molar-refractivity contribution >= 4 is 0 Å². The van der Waals surface area contributed by atoms with E-state index in [4.69, 9.17) is 0 Å². The number of hydrogen-bond donors (Lipinski definition) is 0. The first-order chi connectivity index (χ1) is 6.88. The van der Waals surface area contributed by atoms with Gasteiger partial charge >= 0.3 is 0 Å². The van der Waals surface area contributed by atoms with Gasteiger partial charge < -0.3 is 0 Å². The van der Waals surface area contributed by atoms with Crippen molar-refractivity contribution in [2.75, 3.05) is 0 Å². The molecule has 14 heavy (non-hydrogen) atoms. The Kier molecular flexibility index (Phi) is 5.06. The lowest BCUT2D eigenvalue weighted by molar-refractivity contribution is 0.906. The highest BCUT2D eigenvalue weighted by atomic mass is 14.0. The molecule has 0 N–H and O–H groups in total. The first kappa shape index (κ1) is 11.0. The zero-order chi connectivity index (χ0) is 10.2. The Labute approximate surface area is 87.7 Å². The fraction of sp³-hybridized carbons (Fsp3) is 0.429. The van der Waals surface area contributed by atoms with Crippen LogP contribution in [0.4, 0.5) is 0 Å². The summed E-state index contributed by atoms with van der Waals surface area (Å²) in [5.74, 6) is 0. The normalized spacial score (nSPS) is 11.0. The van der Waals surface area contributed by atoms with E-state index in [1.165, 1.54) is 24.0 Å². The van der Waals surface area contributed by atoms with Gasteiger partial charge in [0.1, 0.15) is 0 Å². The van der Waals surface area contributed by atoms with Gasteiger partial charge in [0.2, 0.25) is 0 Å². The summed E-state index contributed by atoms with van der Waals surface area (Å²) in [6, 6.07) is 8.76. The lowest BCUT2D eigenvalue weighted by Crippen LogP contribution is -1.91. The van der Waals surface area contributed by atoms with E-state index >= 15 is 0 Å². The first-order valence-corrected chi connectivity index (χ1v) is 5.60. The lowest BCUT2D eigenvalue weighted by atomic mass is 10.0. The van der Waals surface area contributed by atoms with Crippen LogP contribution in [0.1, 0.15) is 37.8 Å². The average molecular weight is 188 g/mol. The molecule has 0 saturated carbocycles. The van der Waals surface area contributed by atoms with Gasteiger partial charge in [-0.3, -0.25) is 0 Å². The van der Waals surface area contributed by atoms with E-state index in [1.54, 1.807) is 0 Å². The SMILES string of the molecule is CCC=CCc1ccccc1CCC. The van der Waals surface area contributed by atoms with E-state index in [0.717, 1.165) is 12.8 Å². The van der Waals surface area contributed by atoms with Crippen LogP contribution in [0, 0.1) is 0 Å². The van der Waals surface area contributed by atoms with E-state index in [-0.39, 0.29) is 0 Å². The topological polar surface area (TPSA) is 0 Å². The standard InChI is InChI=1S/C14H20/c1-3-5-6-10-14-12-8-7-11-13(14)9-4-2/h5-8,11-12H,3-4,9-10H2,1-2H3. The third-order valence-corrected chi connectivity index (χ3v) is 2.38. The number of rotatable bonds is 5. The third-order valence-electron chi connectivity index (χ3n) is 2.38. The minimum Gasteiger partial charge on any atom is -0.0885 e. The van der Waals surface area contributed by atoms with E-state index in [0.29, 0.717) is 0 Å². The van der Waals surface area contributed by atoms with Crippen molar-refractivity contribution in [1.29, 1.82) is 0 Å². The average Bonchev–Trinajstić information content (AvgIpc) is 2.21. The Morgan fingerprint density at radius 1 is 1.00 bits per heavy atom. The van der Waals surface area contributed by atoms with Gasteiger partial charge in [-0.05, 0) is 30.4 Å². The van der Waals surface area contributed by atoms with Crippen molar-refractivity contribution in [2.45, 2.75) is 39.5 Å². The van der Waals surface area contributed by atoms with Gasteiger partial charge in [0.25, 0.3) is 0 Å². The van der Waals surface area contributed by atoms with Crippen LogP contribution in [-0.4, -0.2) is 0 Å². The predicted molar refractivity (Wildman–Crippen MR) is 63.6 cm³/mol. The van der Waals surface area contributed by atoms with Gasteiger partial charge in [-0.15, -0.1) is 0 Å². The molecule has 0 radical (unpaired) electrons. The van der Waals surface area contributed by atoms with Crippen LogP contribution in [0.5, 0.6) is 0 Å². The molecule has 76 valence electrons. The van der Waals surface area contributed by atoms with Crippen LogP contribution in [-0.2, 0) is 12.8 Å². The summed E-state index contributed by atoms with van der Waals surface area (Å²) in [7, 11) is 0. The van der Waals surface area contributed by atoms with Gasteiger partial charge in [-0.25, -0.2) is 0 Å². The fourth-order valence-electron chi connectivity index (χ4n) is 1.65. The number of allylic oxidation sites excluding steroid dienone is 2. The summed E-state index contributed by atoms with van der Waals surface area (Å²) in [5.41, 5.74) is 3.00. The third kappa shape index (κ3) is 3.37. The Bertz CT molecular complexity index is 284. The van der Waals surface area contributed by atoms with Gasteiger partial charge in [-0.2, -0.15) is 0 Å². The van der Waals surface area contributed by atoms with Crippen LogP contribution >= 0.6 is 0 Å². The molecule has 0 unspecified atom stereocenters. The molecule has 1 aromatic rings. The largest absolute Gasteiger partial charge is 0.0885 e. The number of benzene rings is 1. The maximum Gasteiger partial charge on any atom is -0.00947 e. The summed E-state index contributed by atoms with van der Waals surface area (Å²) in [6.07, 6.45) is 9.17. The molecule has 0 nitrogen and oxygen atoms in total. The minimum atomic E-state index is 1.09. The molecule has 0 saturated heterocycles. The van der Waals surface area contributed by atoms with Gasteiger partial charge in [0, 0.05) is 0 Å². The zero-order valence-electron chi connectivity index (χ0n) is 9.29. The molecule has 0 aliphatic rings. The molecule has 0 bridgehead atoms. The van der Waals surface area contributed by atoms with E-state index in [9.17, 15) is 0 Å². The Morgan fingerprint density at radius 2 is 1.71 bits per heavy atom. The molecule has 0 fully saturated rings. The monoisotopic (exact) mass is 188 g/mol. The van der Waals surface area contributed by atoms with Crippen LogP contribution in [0.25, 0.3) is 0 Å². The van der Waals surface area contributed by atoms with Crippen LogP contribution in [0.3, 0.4) is 0 Å². The van der Waals surface area contributed by atoms with Crippen molar-refractivity contribution < 1.29 is 0 Å². The molecule has 0 heteroatoms. The van der Waals surface area contributed by atoms with Gasteiger partial charge in [0.05, 0.1) is 0 Å². The Hall–Kier alpha value is -1.04. The molecule has 0 amide bonds. The second-order valence-electron chi connectivity index (χ2n) is 3.60. The highest BCUT2D eigenvalue weighted by Gasteiger charge is 1.97. The van der Waals surface area contributed by atoms with Crippen LogP contribution < -0.4 is 0 Å². The fourth-order valence-corrected chi connectivity index (χ4v) is 1.65. The molecule has 1 aromatic carbocycles. The van der Waals surface area contributed by atoms with Gasteiger partial charge in [0.15, 0.2) is 0 Å². The van der Waals surface area contributed by atoms with E-state index < -0.39 is 0 Å². The van der Waals surface area contributed by atoms with Crippen molar-refractivity contribution in [2.24, 2.45) is 0 Å². The summed E-state index contributed by atoms with van der Waals surface area (Å²) < 4.78 is 0. The van der Waals surface area contributed by atoms with Crippen molar-refractivity contribution in [3.63, 3.8) is 0 Å². The predicted octanol–water partition coefficient (Wildman–Crippen LogP) is 4.15. The number of aryl methyl sites for hydroxylation is 1. The van der Waals surface area contributed by atoms with Crippen molar-refractivity contribution in [1.82, 2.24) is 0 Å². The van der Waals surface area contributed by atoms with Gasteiger partial charge in [-0.1, -0.05) is 56.7 Å². The summed E-state index contributed by atoms with van der Waals surface area (Å²) >= 11 is 0. The maximum absolute atomic E-state index is 2.27. The quantitative estimate of drug-likeness (QED) is 0.609. The summed E-state index contributed by atoms with van der Waals surface area (Å²) in [4.78, 5) is 0. The smallest absolute Gasteiger partial charge is 0.00947 e. The molecule has 0 aromatic heterocycles. The second-order valence-corrected chi connectivity index (χ2v) is 3.60. The molecule has 0 aliphatic heterocycles. The molecule has 0 atom stereocenters. The zero-order valence-corrected chi connectivity index (χ0v) is 9.29. The van der Waals surface area contributed by atoms with E-state index in [1.807, 2.05) is 0 Å². The molecular weight excluding hydrogens is 168 g/mol. The molecule has 0 spiro atoms. The highest BCUT2D eigenvalue weighted by molar-refractivity contribution is 5.28. The van der Waals surface area contributed by atoms with E-state index in [2.05, 4.69) is 50.3 Å². The summed E-state index contributed by atoms with van der Waals surface area (Å²) in [6.45, 7) is 4.41. The van der Waals surface area contributed by atoms with Crippen LogP contribution in [0.2, 0.25) is 0 Å². The lowest BCUT2D eigenvalue weighted by Gasteiger charge is -2.05. The second kappa shape index (κ2) is 6.42. The molecule has 1 rings (SSSR count). The number of hydrogen-bond acceptors (Lipinski definition) is 0. The van der Waals surface area contributed by atoms with Crippen LogP contribution in [0.15, 0.2) is 36.4 Å². The summed E-state index contributed by atoms with van der Waals surface area (Å²) in [5, 5.41) is 0. The first-order valence-electron chi connectivity index (χ1n) is 5.60. The molecular formula is C14H20. The van der Waals surface area contributed by atoms with Crippen molar-refractivity contribution in [3.8, 4) is 0 Å². The molecule has 0 aliphatic carbocycles. The molecule has 0 heterocycles. The van der Waals surface area contributed by atoms with Crippen molar-refractivity contribution in [3.05, 3.63) is 47.5 Å². The maximum atomic E-state index is 2.27. The Morgan fingerprint density at radius 3 is 2.36 bits per heavy atom. The minimum absolute atomic E-state index is 1.09. The highest BCUT2D eigenvalue weighted by Crippen LogP contribution is 2.12. The Balaban J connectivity index is 2.68.